The van der Waals surface area contributed by atoms with Crippen LogP contribution >= 0.6 is 11.6 Å². The van der Waals surface area contributed by atoms with Crippen LogP contribution in [0.5, 0.6) is 0 Å². The van der Waals surface area contributed by atoms with Gasteiger partial charge in [-0.05, 0) is 29.8 Å². The van der Waals surface area contributed by atoms with Crippen molar-refractivity contribution in [1.82, 2.24) is 9.55 Å². The first-order chi connectivity index (χ1) is 8.16. The quantitative estimate of drug-likeness (QED) is 0.724. The Balaban J connectivity index is 2.43. The van der Waals surface area contributed by atoms with E-state index in [9.17, 15) is 9.18 Å². The lowest BCUT2D eigenvalue weighted by molar-refractivity contribution is 0.536. The number of furan rings is 1. The SMILES string of the molecule is O=c1[nH]c2cccc(F)c2n1-c1ccc(Cl)o1. The highest BCUT2D eigenvalue weighted by molar-refractivity contribution is 6.28. The third kappa shape index (κ3) is 1.47. The molecule has 0 fully saturated rings. The molecule has 0 saturated carbocycles. The number of aromatic amines is 1. The predicted molar refractivity (Wildman–Crippen MR) is 61.1 cm³/mol. The molecule has 1 N–H and O–H groups in total. The van der Waals surface area contributed by atoms with Crippen LogP contribution in [0.15, 0.2) is 39.5 Å². The number of hydrogen-bond donors (Lipinski definition) is 1. The second-order valence-corrected chi connectivity index (χ2v) is 3.85. The number of nitrogens with zero attached hydrogens (tertiary/aromatic N) is 1. The summed E-state index contributed by atoms with van der Waals surface area (Å²) in [5.74, 6) is -0.329. The van der Waals surface area contributed by atoms with E-state index in [-0.39, 0.29) is 16.6 Å². The molecule has 0 aliphatic carbocycles. The molecule has 6 heteroatoms. The van der Waals surface area contributed by atoms with Crippen LogP contribution in [0, 0.1) is 5.82 Å². The van der Waals surface area contributed by atoms with Crippen molar-refractivity contribution in [2.24, 2.45) is 0 Å². The fourth-order valence-corrected chi connectivity index (χ4v) is 1.89. The molecule has 0 atom stereocenters. The fraction of sp³-hybridized carbons (Fsp3) is 0. The number of halogens is 2. The summed E-state index contributed by atoms with van der Waals surface area (Å²) in [4.78, 5) is 14.3. The third-order valence-electron chi connectivity index (χ3n) is 2.43. The highest BCUT2D eigenvalue weighted by Gasteiger charge is 2.14. The summed E-state index contributed by atoms with van der Waals surface area (Å²) in [5.41, 5.74) is 0.0714. The molecule has 0 aliphatic rings. The van der Waals surface area contributed by atoms with Gasteiger partial charge in [-0.25, -0.2) is 13.8 Å². The molecule has 3 aromatic rings. The molecular formula is C11H6ClFN2O2. The number of nitrogens with one attached hydrogen (secondary N) is 1. The van der Waals surface area contributed by atoms with Crippen molar-refractivity contribution >= 4 is 22.6 Å². The van der Waals surface area contributed by atoms with Gasteiger partial charge in [0.05, 0.1) is 5.52 Å². The molecule has 2 aromatic heterocycles. The van der Waals surface area contributed by atoms with E-state index in [0.717, 1.165) is 4.57 Å². The van der Waals surface area contributed by atoms with Crippen molar-refractivity contribution in [3.8, 4) is 5.88 Å². The topological polar surface area (TPSA) is 50.9 Å². The number of aromatic nitrogens is 2. The van der Waals surface area contributed by atoms with E-state index in [0.29, 0.717) is 5.52 Å². The first-order valence-electron chi connectivity index (χ1n) is 4.82. The number of rotatable bonds is 1. The number of fused-ring (bicyclic) bond motifs is 1. The summed E-state index contributed by atoms with van der Waals surface area (Å²) >= 11 is 5.63. The van der Waals surface area contributed by atoms with E-state index in [4.69, 9.17) is 16.0 Å². The average Bonchev–Trinajstić information content (AvgIpc) is 2.82. The van der Waals surface area contributed by atoms with Gasteiger partial charge in [0.2, 0.25) is 5.88 Å². The molecule has 0 bridgehead atoms. The van der Waals surface area contributed by atoms with E-state index in [1.54, 1.807) is 6.07 Å². The largest absolute Gasteiger partial charge is 0.428 e. The second kappa shape index (κ2) is 3.49. The monoisotopic (exact) mass is 252 g/mol. The van der Waals surface area contributed by atoms with Gasteiger partial charge in [-0.2, -0.15) is 0 Å². The maximum Gasteiger partial charge on any atom is 0.333 e. The molecule has 0 spiro atoms. The first-order valence-corrected chi connectivity index (χ1v) is 5.19. The van der Waals surface area contributed by atoms with E-state index in [2.05, 4.69) is 4.98 Å². The Hall–Kier alpha value is -2.01. The summed E-state index contributed by atoms with van der Waals surface area (Å²) in [5, 5.41) is 0.137. The Bertz CT molecular complexity index is 756. The molecular weight excluding hydrogens is 247 g/mol. The zero-order valence-electron chi connectivity index (χ0n) is 8.41. The Morgan fingerprint density at radius 1 is 1.29 bits per heavy atom. The predicted octanol–water partition coefficient (Wildman–Crippen LogP) is 2.70. The van der Waals surface area contributed by atoms with Crippen molar-refractivity contribution in [2.45, 2.75) is 0 Å². The van der Waals surface area contributed by atoms with Gasteiger partial charge in [-0.3, -0.25) is 0 Å². The number of imidazole rings is 1. The molecule has 0 unspecified atom stereocenters. The average molecular weight is 253 g/mol. The Labute approximate surface area is 99.2 Å². The summed E-state index contributed by atoms with van der Waals surface area (Å²) < 4.78 is 19.9. The van der Waals surface area contributed by atoms with Crippen molar-refractivity contribution in [1.29, 1.82) is 0 Å². The van der Waals surface area contributed by atoms with Crippen LogP contribution in [0.3, 0.4) is 0 Å². The van der Waals surface area contributed by atoms with Crippen molar-refractivity contribution in [2.75, 3.05) is 0 Å². The number of benzene rings is 1. The van der Waals surface area contributed by atoms with Gasteiger partial charge in [-0.15, -0.1) is 0 Å². The van der Waals surface area contributed by atoms with Gasteiger partial charge in [-0.1, -0.05) is 6.07 Å². The summed E-state index contributed by atoms with van der Waals surface area (Å²) in [6, 6.07) is 7.40. The summed E-state index contributed by atoms with van der Waals surface area (Å²) in [6.45, 7) is 0. The second-order valence-electron chi connectivity index (χ2n) is 3.48. The van der Waals surface area contributed by atoms with E-state index in [1.165, 1.54) is 24.3 Å². The number of hydrogen-bond acceptors (Lipinski definition) is 2. The minimum absolute atomic E-state index is 0.137. The van der Waals surface area contributed by atoms with E-state index >= 15 is 0 Å². The Kier molecular flexibility index (Phi) is 2.09. The molecule has 4 nitrogen and oxygen atoms in total. The smallest absolute Gasteiger partial charge is 0.333 e. The maximum atomic E-state index is 13.7. The van der Waals surface area contributed by atoms with Gasteiger partial charge >= 0.3 is 5.69 Å². The first kappa shape index (κ1) is 10.2. The maximum absolute atomic E-state index is 13.7. The number of para-hydroxylation sites is 1. The molecule has 0 radical (unpaired) electrons. The number of H-pyrrole nitrogens is 1. The minimum Gasteiger partial charge on any atom is -0.428 e. The highest BCUT2D eigenvalue weighted by Crippen LogP contribution is 2.21. The van der Waals surface area contributed by atoms with Crippen LogP contribution in [-0.2, 0) is 0 Å². The molecule has 0 saturated heterocycles. The summed E-state index contributed by atoms with van der Waals surface area (Å²) in [7, 11) is 0. The van der Waals surface area contributed by atoms with Gasteiger partial charge in [0, 0.05) is 6.07 Å². The molecule has 2 heterocycles. The van der Waals surface area contributed by atoms with Crippen molar-refractivity contribution < 1.29 is 8.81 Å². The molecule has 0 amide bonds. The Morgan fingerprint density at radius 3 is 2.82 bits per heavy atom. The Morgan fingerprint density at radius 2 is 2.12 bits per heavy atom. The lowest BCUT2D eigenvalue weighted by Crippen LogP contribution is -2.14. The standard InChI is InChI=1S/C11H6ClFN2O2/c12-8-4-5-9(17-8)15-10-6(13)2-1-3-7(10)14-11(15)16/h1-5H,(H,14,16). The molecule has 1 aromatic carbocycles. The van der Waals surface area contributed by atoms with Crippen LogP contribution in [0.25, 0.3) is 16.9 Å². The zero-order valence-corrected chi connectivity index (χ0v) is 9.16. The summed E-state index contributed by atoms with van der Waals surface area (Å²) in [6.07, 6.45) is 0. The van der Waals surface area contributed by atoms with Gasteiger partial charge in [0.15, 0.2) is 5.22 Å². The fourth-order valence-electron chi connectivity index (χ4n) is 1.75. The molecule has 0 aliphatic heterocycles. The van der Waals surface area contributed by atoms with Crippen LogP contribution in [0.2, 0.25) is 5.22 Å². The van der Waals surface area contributed by atoms with Crippen molar-refractivity contribution in [3.05, 3.63) is 51.9 Å². The molecule has 86 valence electrons. The van der Waals surface area contributed by atoms with Crippen LogP contribution in [0.4, 0.5) is 4.39 Å². The van der Waals surface area contributed by atoms with Gasteiger partial charge in [0.1, 0.15) is 11.3 Å². The van der Waals surface area contributed by atoms with Gasteiger partial charge < -0.3 is 9.40 Å². The minimum atomic E-state index is -0.506. The van der Waals surface area contributed by atoms with E-state index in [1.807, 2.05) is 0 Å². The highest BCUT2D eigenvalue weighted by atomic mass is 35.5. The van der Waals surface area contributed by atoms with Crippen molar-refractivity contribution in [3.63, 3.8) is 0 Å². The zero-order chi connectivity index (χ0) is 12.0. The normalized spacial score (nSPS) is 11.2. The van der Waals surface area contributed by atoms with Gasteiger partial charge in [0.25, 0.3) is 0 Å². The van der Waals surface area contributed by atoms with E-state index < -0.39 is 11.5 Å². The lowest BCUT2D eigenvalue weighted by atomic mass is 10.3. The van der Waals surface area contributed by atoms with Crippen LogP contribution < -0.4 is 5.69 Å². The molecule has 3 rings (SSSR count). The van der Waals surface area contributed by atoms with Crippen LogP contribution in [-0.4, -0.2) is 9.55 Å². The lowest BCUT2D eigenvalue weighted by Gasteiger charge is -1.98. The van der Waals surface area contributed by atoms with Crippen LogP contribution in [0.1, 0.15) is 0 Å². The third-order valence-corrected chi connectivity index (χ3v) is 2.64. The molecule has 17 heavy (non-hydrogen) atoms.